The molecule has 4 rings (SSSR count). The third-order valence-corrected chi connectivity index (χ3v) is 5.68. The molecule has 1 aromatic carbocycles. The number of anilines is 3. The lowest BCUT2D eigenvalue weighted by atomic mass is 10.2. The minimum Gasteiger partial charge on any atom is -0.493 e. The summed E-state index contributed by atoms with van der Waals surface area (Å²) in [6.07, 6.45) is 2.59. The summed E-state index contributed by atoms with van der Waals surface area (Å²) in [6, 6.07) is 9.11. The molecule has 1 aliphatic rings. The van der Waals surface area contributed by atoms with Crippen LogP contribution in [0.15, 0.2) is 36.5 Å². The first kappa shape index (κ1) is 23.6. The molecule has 0 radical (unpaired) electrons. The van der Waals surface area contributed by atoms with Gasteiger partial charge in [-0.2, -0.15) is 9.67 Å². The van der Waals surface area contributed by atoms with Crippen molar-refractivity contribution in [2.24, 2.45) is 0 Å². The first-order valence-corrected chi connectivity index (χ1v) is 11.3. The monoisotopic (exact) mass is 468 g/mol. The molecule has 3 heterocycles. The van der Waals surface area contributed by atoms with Crippen molar-refractivity contribution in [2.45, 2.75) is 6.42 Å². The van der Waals surface area contributed by atoms with Crippen LogP contribution in [0, 0.1) is 0 Å². The topological polar surface area (TPSA) is 116 Å². The standard InChI is InChI=1S/C23H32N8O3/c1-29-10-12-30(13-11-29)9-6-14-34-21-18(32-2)15-17(16-19(21)33-3)26-23-27-22(24)31(28-23)20-7-4-5-8-25-20/h4-5,7-8,15-16H,6,9-14H2,1-3H3,(H3,24,26,27,28). The Balaban J connectivity index is 1.42. The molecule has 0 amide bonds. The Labute approximate surface area is 199 Å². The molecule has 1 saturated heterocycles. The zero-order valence-corrected chi connectivity index (χ0v) is 19.9. The second-order valence-corrected chi connectivity index (χ2v) is 8.08. The SMILES string of the molecule is COc1cc(Nc2nc(N)n(-c3ccccn3)n2)cc(OC)c1OCCCN1CCN(C)CC1. The Morgan fingerprint density at radius 2 is 1.79 bits per heavy atom. The van der Waals surface area contributed by atoms with E-state index in [1.807, 2.05) is 24.3 Å². The fourth-order valence-electron chi connectivity index (χ4n) is 3.78. The molecule has 0 aliphatic carbocycles. The smallest absolute Gasteiger partial charge is 0.248 e. The van der Waals surface area contributed by atoms with Crippen LogP contribution in [-0.2, 0) is 0 Å². The van der Waals surface area contributed by atoms with Crippen LogP contribution in [0.5, 0.6) is 17.2 Å². The van der Waals surface area contributed by atoms with E-state index in [1.54, 1.807) is 26.5 Å². The van der Waals surface area contributed by atoms with Crippen LogP contribution < -0.4 is 25.3 Å². The predicted molar refractivity (Wildman–Crippen MR) is 130 cm³/mol. The van der Waals surface area contributed by atoms with Gasteiger partial charge in [-0.3, -0.25) is 0 Å². The van der Waals surface area contributed by atoms with E-state index in [9.17, 15) is 0 Å². The Kier molecular flexibility index (Phi) is 7.65. The number of piperazine rings is 1. The number of hydrogen-bond donors (Lipinski definition) is 2. The van der Waals surface area contributed by atoms with Gasteiger partial charge in [0.2, 0.25) is 17.6 Å². The highest BCUT2D eigenvalue weighted by molar-refractivity contribution is 5.66. The molecule has 182 valence electrons. The minimum absolute atomic E-state index is 0.223. The van der Waals surface area contributed by atoms with E-state index in [0.29, 0.717) is 41.3 Å². The Bertz CT molecular complexity index is 1040. The molecule has 0 spiro atoms. The summed E-state index contributed by atoms with van der Waals surface area (Å²) >= 11 is 0. The minimum atomic E-state index is 0.223. The summed E-state index contributed by atoms with van der Waals surface area (Å²) in [6.45, 7) is 5.98. The number of ether oxygens (including phenoxy) is 3. The zero-order valence-electron chi connectivity index (χ0n) is 19.9. The molecule has 11 heteroatoms. The summed E-state index contributed by atoms with van der Waals surface area (Å²) < 4.78 is 18.7. The van der Waals surface area contributed by atoms with Crippen molar-refractivity contribution in [3.05, 3.63) is 36.5 Å². The van der Waals surface area contributed by atoms with E-state index in [1.165, 1.54) is 4.68 Å². The molecule has 34 heavy (non-hydrogen) atoms. The van der Waals surface area contributed by atoms with Gasteiger partial charge in [0.05, 0.1) is 20.8 Å². The van der Waals surface area contributed by atoms with Crippen LogP contribution in [0.3, 0.4) is 0 Å². The number of aromatic nitrogens is 4. The molecular weight excluding hydrogens is 436 g/mol. The highest BCUT2D eigenvalue weighted by Crippen LogP contribution is 2.41. The van der Waals surface area contributed by atoms with Crippen molar-refractivity contribution in [2.75, 3.05) is 71.6 Å². The number of likely N-dealkylation sites (N-methyl/N-ethyl adjacent to an activating group) is 1. The number of nitrogen functional groups attached to an aromatic ring is 1. The van der Waals surface area contributed by atoms with Crippen molar-refractivity contribution in [3.63, 3.8) is 0 Å². The molecular formula is C23H32N8O3. The van der Waals surface area contributed by atoms with E-state index in [4.69, 9.17) is 19.9 Å². The quantitative estimate of drug-likeness (QED) is 0.428. The number of nitrogens with two attached hydrogens (primary N) is 1. The van der Waals surface area contributed by atoms with Gasteiger partial charge in [-0.05, 0) is 25.6 Å². The summed E-state index contributed by atoms with van der Waals surface area (Å²) in [5.41, 5.74) is 6.70. The molecule has 0 atom stereocenters. The second kappa shape index (κ2) is 11.0. The molecule has 2 aromatic heterocycles. The molecule has 0 bridgehead atoms. The van der Waals surface area contributed by atoms with Crippen molar-refractivity contribution in [1.29, 1.82) is 0 Å². The van der Waals surface area contributed by atoms with E-state index in [0.717, 1.165) is 39.1 Å². The van der Waals surface area contributed by atoms with Crippen molar-refractivity contribution in [3.8, 4) is 23.1 Å². The number of nitrogens with one attached hydrogen (secondary N) is 1. The number of nitrogens with zero attached hydrogens (tertiary/aromatic N) is 6. The van der Waals surface area contributed by atoms with Crippen LogP contribution in [0.2, 0.25) is 0 Å². The van der Waals surface area contributed by atoms with Gasteiger partial charge in [0.1, 0.15) is 0 Å². The van der Waals surface area contributed by atoms with Gasteiger partial charge in [0.15, 0.2) is 17.3 Å². The van der Waals surface area contributed by atoms with Crippen LogP contribution in [0.4, 0.5) is 17.6 Å². The number of hydrogen-bond acceptors (Lipinski definition) is 10. The van der Waals surface area contributed by atoms with E-state index >= 15 is 0 Å². The maximum Gasteiger partial charge on any atom is 0.248 e. The normalized spacial score (nSPS) is 14.7. The number of pyridine rings is 1. The lowest BCUT2D eigenvalue weighted by molar-refractivity contribution is 0.144. The molecule has 11 nitrogen and oxygen atoms in total. The molecule has 3 aromatic rings. The summed E-state index contributed by atoms with van der Waals surface area (Å²) in [4.78, 5) is 13.4. The van der Waals surface area contributed by atoms with Crippen molar-refractivity contribution < 1.29 is 14.2 Å². The first-order valence-electron chi connectivity index (χ1n) is 11.3. The van der Waals surface area contributed by atoms with Crippen LogP contribution >= 0.6 is 0 Å². The van der Waals surface area contributed by atoms with E-state index in [-0.39, 0.29) is 5.95 Å². The average molecular weight is 469 g/mol. The number of methoxy groups -OCH3 is 2. The van der Waals surface area contributed by atoms with E-state index in [2.05, 4.69) is 37.2 Å². The Hall–Kier alpha value is -3.57. The van der Waals surface area contributed by atoms with Crippen molar-refractivity contribution >= 4 is 17.6 Å². The van der Waals surface area contributed by atoms with Crippen LogP contribution in [-0.4, -0.2) is 90.1 Å². The van der Waals surface area contributed by atoms with Gasteiger partial charge in [-0.15, -0.1) is 5.10 Å². The van der Waals surface area contributed by atoms with Gasteiger partial charge >= 0.3 is 0 Å². The maximum absolute atomic E-state index is 6.07. The number of rotatable bonds is 10. The second-order valence-electron chi connectivity index (χ2n) is 8.08. The van der Waals surface area contributed by atoms with Gasteiger partial charge < -0.3 is 35.1 Å². The van der Waals surface area contributed by atoms with Crippen LogP contribution in [0.25, 0.3) is 5.82 Å². The molecule has 1 fully saturated rings. The molecule has 3 N–H and O–H groups in total. The maximum atomic E-state index is 6.07. The number of benzene rings is 1. The first-order chi connectivity index (χ1) is 16.6. The molecule has 0 saturated carbocycles. The van der Waals surface area contributed by atoms with Gasteiger partial charge in [-0.1, -0.05) is 6.07 Å². The van der Waals surface area contributed by atoms with Crippen molar-refractivity contribution in [1.82, 2.24) is 29.5 Å². The zero-order chi connectivity index (χ0) is 23.9. The van der Waals surface area contributed by atoms with Gasteiger partial charge in [0, 0.05) is 56.7 Å². The Morgan fingerprint density at radius 1 is 1.06 bits per heavy atom. The largest absolute Gasteiger partial charge is 0.493 e. The van der Waals surface area contributed by atoms with E-state index < -0.39 is 0 Å². The predicted octanol–water partition coefficient (Wildman–Crippen LogP) is 2.02. The molecule has 0 unspecified atom stereocenters. The lowest BCUT2D eigenvalue weighted by Crippen LogP contribution is -2.44. The van der Waals surface area contributed by atoms with Gasteiger partial charge in [0.25, 0.3) is 0 Å². The highest BCUT2D eigenvalue weighted by atomic mass is 16.5. The van der Waals surface area contributed by atoms with Crippen LogP contribution in [0.1, 0.15) is 6.42 Å². The lowest BCUT2D eigenvalue weighted by Gasteiger charge is -2.32. The van der Waals surface area contributed by atoms with Gasteiger partial charge in [-0.25, -0.2) is 4.98 Å². The average Bonchev–Trinajstić information content (AvgIpc) is 3.23. The molecule has 1 aliphatic heterocycles. The summed E-state index contributed by atoms with van der Waals surface area (Å²) in [5.74, 6) is 2.81. The third-order valence-electron chi connectivity index (χ3n) is 5.68. The fourth-order valence-corrected chi connectivity index (χ4v) is 3.78. The summed E-state index contributed by atoms with van der Waals surface area (Å²) in [5, 5.41) is 7.55. The highest BCUT2D eigenvalue weighted by Gasteiger charge is 2.17. The Morgan fingerprint density at radius 3 is 2.44 bits per heavy atom. The summed E-state index contributed by atoms with van der Waals surface area (Å²) in [7, 11) is 5.36. The third kappa shape index (κ3) is 5.67. The fraction of sp³-hybridized carbons (Fsp3) is 0.435.